The monoisotopic (exact) mass is 181 g/mol. The van der Waals surface area contributed by atoms with Crippen LogP contribution in [0, 0.1) is 5.82 Å². The zero-order valence-corrected chi connectivity index (χ0v) is 6.85. The van der Waals surface area contributed by atoms with Crippen LogP contribution in [0.15, 0.2) is 30.5 Å². The van der Waals surface area contributed by atoms with Gasteiger partial charge in [0.25, 0.3) is 0 Å². The van der Waals surface area contributed by atoms with Crippen molar-refractivity contribution in [2.45, 2.75) is 0 Å². The minimum atomic E-state index is -0.343. The number of hydrogen-bond donors (Lipinski definition) is 0. The van der Waals surface area contributed by atoms with Crippen molar-refractivity contribution in [3.63, 3.8) is 0 Å². The Labute approximate surface area is 73.8 Å². The molecule has 0 fully saturated rings. The van der Waals surface area contributed by atoms with Gasteiger partial charge >= 0.3 is 0 Å². The SMILES string of the molecule is Fc1cnc2c(Cl)cccc2c1. The van der Waals surface area contributed by atoms with Crippen molar-refractivity contribution < 1.29 is 4.39 Å². The molecule has 0 aliphatic carbocycles. The second-order valence-electron chi connectivity index (χ2n) is 2.47. The molecule has 12 heavy (non-hydrogen) atoms. The maximum Gasteiger partial charge on any atom is 0.142 e. The lowest BCUT2D eigenvalue weighted by Crippen LogP contribution is -1.81. The van der Waals surface area contributed by atoms with Gasteiger partial charge in [0.05, 0.1) is 16.7 Å². The molecule has 0 bridgehead atoms. The van der Waals surface area contributed by atoms with Crippen LogP contribution in [0.2, 0.25) is 5.02 Å². The molecule has 0 atom stereocenters. The fraction of sp³-hybridized carbons (Fsp3) is 0. The standard InChI is InChI=1S/C9H5ClFN/c10-8-3-1-2-6-4-7(11)5-12-9(6)8/h1-5H. The van der Waals surface area contributed by atoms with Crippen molar-refractivity contribution in [3.8, 4) is 0 Å². The van der Waals surface area contributed by atoms with Gasteiger partial charge in [-0.15, -0.1) is 0 Å². The van der Waals surface area contributed by atoms with Gasteiger partial charge in [0, 0.05) is 5.39 Å². The number of benzene rings is 1. The Kier molecular flexibility index (Phi) is 1.70. The topological polar surface area (TPSA) is 12.9 Å². The van der Waals surface area contributed by atoms with Crippen LogP contribution in [-0.4, -0.2) is 4.98 Å². The van der Waals surface area contributed by atoms with Gasteiger partial charge in [-0.05, 0) is 12.1 Å². The third-order valence-corrected chi connectivity index (χ3v) is 1.93. The highest BCUT2D eigenvalue weighted by molar-refractivity contribution is 6.34. The summed E-state index contributed by atoms with van der Waals surface area (Å²) in [7, 11) is 0. The van der Waals surface area contributed by atoms with E-state index in [0.29, 0.717) is 10.5 Å². The lowest BCUT2D eigenvalue weighted by atomic mass is 10.2. The van der Waals surface area contributed by atoms with Crippen LogP contribution < -0.4 is 0 Å². The summed E-state index contributed by atoms with van der Waals surface area (Å²) >= 11 is 5.82. The van der Waals surface area contributed by atoms with E-state index in [1.54, 1.807) is 18.2 Å². The van der Waals surface area contributed by atoms with Gasteiger partial charge in [0.2, 0.25) is 0 Å². The van der Waals surface area contributed by atoms with Gasteiger partial charge in [0.15, 0.2) is 0 Å². The number of nitrogens with zero attached hydrogens (tertiary/aromatic N) is 1. The number of aromatic nitrogens is 1. The Hall–Kier alpha value is -1.15. The van der Waals surface area contributed by atoms with E-state index in [4.69, 9.17) is 11.6 Å². The third-order valence-electron chi connectivity index (χ3n) is 1.63. The first-order chi connectivity index (χ1) is 5.77. The number of hydrogen-bond acceptors (Lipinski definition) is 1. The normalized spacial score (nSPS) is 10.5. The van der Waals surface area contributed by atoms with Crippen LogP contribution in [0.1, 0.15) is 0 Å². The van der Waals surface area contributed by atoms with E-state index in [2.05, 4.69) is 4.98 Å². The van der Waals surface area contributed by atoms with Crippen LogP contribution in [0.3, 0.4) is 0 Å². The molecule has 1 aromatic heterocycles. The van der Waals surface area contributed by atoms with Crippen LogP contribution in [0.5, 0.6) is 0 Å². The Morgan fingerprint density at radius 3 is 3.00 bits per heavy atom. The summed E-state index contributed by atoms with van der Waals surface area (Å²) in [4.78, 5) is 3.87. The predicted molar refractivity (Wildman–Crippen MR) is 46.7 cm³/mol. The van der Waals surface area contributed by atoms with Gasteiger partial charge in [-0.2, -0.15) is 0 Å². The molecule has 0 saturated carbocycles. The Bertz CT molecular complexity index is 428. The summed E-state index contributed by atoms with van der Waals surface area (Å²) in [5.74, 6) is -0.343. The number of halogens is 2. The van der Waals surface area contributed by atoms with Gasteiger partial charge in [-0.25, -0.2) is 4.39 Å². The Balaban J connectivity index is 2.86. The molecule has 0 N–H and O–H groups in total. The number of rotatable bonds is 0. The average Bonchev–Trinajstić information content (AvgIpc) is 2.04. The zero-order valence-electron chi connectivity index (χ0n) is 6.09. The summed E-state index contributed by atoms with van der Waals surface area (Å²) in [6.07, 6.45) is 1.16. The first kappa shape index (κ1) is 7.50. The van der Waals surface area contributed by atoms with Crippen LogP contribution >= 0.6 is 11.6 Å². The molecule has 0 aliphatic rings. The van der Waals surface area contributed by atoms with E-state index in [1.807, 2.05) is 0 Å². The van der Waals surface area contributed by atoms with E-state index >= 15 is 0 Å². The average molecular weight is 182 g/mol. The summed E-state index contributed by atoms with van der Waals surface area (Å²) in [5, 5.41) is 1.27. The van der Waals surface area contributed by atoms with E-state index in [1.165, 1.54) is 6.07 Å². The number of fused-ring (bicyclic) bond motifs is 1. The Morgan fingerprint density at radius 1 is 1.33 bits per heavy atom. The van der Waals surface area contributed by atoms with Crippen molar-refractivity contribution in [1.29, 1.82) is 0 Å². The largest absolute Gasteiger partial charge is 0.252 e. The van der Waals surface area contributed by atoms with E-state index in [0.717, 1.165) is 11.6 Å². The van der Waals surface area contributed by atoms with Crippen molar-refractivity contribution in [2.75, 3.05) is 0 Å². The smallest absolute Gasteiger partial charge is 0.142 e. The van der Waals surface area contributed by atoms with Gasteiger partial charge in [-0.1, -0.05) is 23.7 Å². The van der Waals surface area contributed by atoms with Gasteiger partial charge in [-0.3, -0.25) is 4.98 Å². The number of pyridine rings is 1. The molecule has 3 heteroatoms. The summed E-state index contributed by atoms with van der Waals surface area (Å²) < 4.78 is 12.7. The molecule has 1 heterocycles. The minimum Gasteiger partial charge on any atom is -0.252 e. The minimum absolute atomic E-state index is 0.343. The van der Waals surface area contributed by atoms with Crippen LogP contribution in [-0.2, 0) is 0 Å². The molecule has 0 unspecified atom stereocenters. The molecular weight excluding hydrogens is 177 g/mol. The molecule has 0 radical (unpaired) electrons. The van der Waals surface area contributed by atoms with Crippen molar-refractivity contribution in [3.05, 3.63) is 41.3 Å². The van der Waals surface area contributed by atoms with Crippen molar-refractivity contribution in [2.24, 2.45) is 0 Å². The highest BCUT2D eigenvalue weighted by Gasteiger charge is 1.99. The van der Waals surface area contributed by atoms with Gasteiger partial charge < -0.3 is 0 Å². The molecular formula is C9H5ClFN. The van der Waals surface area contributed by atoms with E-state index < -0.39 is 0 Å². The van der Waals surface area contributed by atoms with Gasteiger partial charge in [0.1, 0.15) is 5.82 Å². The van der Waals surface area contributed by atoms with Crippen LogP contribution in [0.25, 0.3) is 10.9 Å². The lowest BCUT2D eigenvalue weighted by molar-refractivity contribution is 0.624. The molecule has 60 valence electrons. The number of para-hydroxylation sites is 1. The second-order valence-corrected chi connectivity index (χ2v) is 2.87. The first-order valence-electron chi connectivity index (χ1n) is 3.47. The molecule has 2 rings (SSSR count). The van der Waals surface area contributed by atoms with Crippen LogP contribution in [0.4, 0.5) is 4.39 Å². The molecule has 1 aromatic carbocycles. The molecule has 0 aliphatic heterocycles. The maximum absolute atomic E-state index is 12.7. The highest BCUT2D eigenvalue weighted by atomic mass is 35.5. The summed E-state index contributed by atoms with van der Waals surface area (Å²) in [5.41, 5.74) is 0.639. The predicted octanol–water partition coefficient (Wildman–Crippen LogP) is 3.03. The molecule has 0 spiro atoms. The second kappa shape index (κ2) is 2.72. The van der Waals surface area contributed by atoms with E-state index in [-0.39, 0.29) is 5.82 Å². The summed E-state index contributed by atoms with van der Waals surface area (Å²) in [6, 6.07) is 6.69. The molecule has 0 amide bonds. The van der Waals surface area contributed by atoms with Crippen molar-refractivity contribution in [1.82, 2.24) is 4.98 Å². The quantitative estimate of drug-likeness (QED) is 0.609. The molecule has 2 aromatic rings. The fourth-order valence-electron chi connectivity index (χ4n) is 1.10. The Morgan fingerprint density at radius 2 is 2.17 bits per heavy atom. The third kappa shape index (κ3) is 1.14. The van der Waals surface area contributed by atoms with E-state index in [9.17, 15) is 4.39 Å². The zero-order chi connectivity index (χ0) is 8.55. The lowest BCUT2D eigenvalue weighted by Gasteiger charge is -1.97. The molecule has 0 saturated heterocycles. The van der Waals surface area contributed by atoms with Crippen molar-refractivity contribution >= 4 is 22.5 Å². The highest BCUT2D eigenvalue weighted by Crippen LogP contribution is 2.20. The molecule has 1 nitrogen and oxygen atoms in total. The maximum atomic E-state index is 12.7. The summed E-state index contributed by atoms with van der Waals surface area (Å²) in [6.45, 7) is 0. The first-order valence-corrected chi connectivity index (χ1v) is 3.85. The fourth-order valence-corrected chi connectivity index (χ4v) is 1.33.